The van der Waals surface area contributed by atoms with Gasteiger partial charge in [0, 0.05) is 12.6 Å². The number of ether oxygens (including phenoxy) is 1. The van der Waals surface area contributed by atoms with Crippen LogP contribution in [0.15, 0.2) is 59.5 Å². The number of hydrogen-bond donors (Lipinski definition) is 2. The van der Waals surface area contributed by atoms with Crippen LogP contribution in [0.3, 0.4) is 0 Å². The van der Waals surface area contributed by atoms with Crippen LogP contribution < -0.4 is 10.5 Å². The summed E-state index contributed by atoms with van der Waals surface area (Å²) < 4.78 is 27.0. The van der Waals surface area contributed by atoms with Gasteiger partial charge in [0.2, 0.25) is 15.9 Å². The maximum atomic E-state index is 11.8. The standard InChI is InChI=1S/C19H20N2O5S/c1-26-19(23)16-7-2-14(3-8-16)6-11-18(22)21-13-12-15-4-9-17(10-5-15)27(20,24)25/h2-11H,12-13H2,1H3,(H,21,22)(H2,20,24,25)/b11-6+. The van der Waals surface area contributed by atoms with Crippen LogP contribution in [0.25, 0.3) is 6.08 Å². The molecule has 0 aliphatic carbocycles. The highest BCUT2D eigenvalue weighted by Crippen LogP contribution is 2.09. The first-order valence-electron chi connectivity index (χ1n) is 8.05. The molecule has 0 spiro atoms. The van der Waals surface area contributed by atoms with E-state index in [0.717, 1.165) is 11.1 Å². The van der Waals surface area contributed by atoms with Crippen molar-refractivity contribution in [2.24, 2.45) is 5.14 Å². The van der Waals surface area contributed by atoms with Crippen LogP contribution in [-0.2, 0) is 26.0 Å². The molecule has 3 N–H and O–H groups in total. The van der Waals surface area contributed by atoms with Crippen LogP contribution in [0.5, 0.6) is 0 Å². The van der Waals surface area contributed by atoms with Gasteiger partial charge >= 0.3 is 5.97 Å². The van der Waals surface area contributed by atoms with E-state index in [0.29, 0.717) is 18.5 Å². The third kappa shape index (κ3) is 6.36. The van der Waals surface area contributed by atoms with Gasteiger partial charge in [-0.1, -0.05) is 24.3 Å². The summed E-state index contributed by atoms with van der Waals surface area (Å²) in [5, 5.41) is 7.78. The van der Waals surface area contributed by atoms with Crippen molar-refractivity contribution in [3.8, 4) is 0 Å². The van der Waals surface area contributed by atoms with Gasteiger partial charge in [0.1, 0.15) is 0 Å². The van der Waals surface area contributed by atoms with E-state index >= 15 is 0 Å². The highest BCUT2D eigenvalue weighted by Gasteiger charge is 2.07. The molecule has 0 aliphatic rings. The maximum absolute atomic E-state index is 11.8. The fraction of sp³-hybridized carbons (Fsp3) is 0.158. The first-order chi connectivity index (χ1) is 12.8. The van der Waals surface area contributed by atoms with Gasteiger partial charge in [-0.25, -0.2) is 18.4 Å². The number of carbonyl (C=O) groups excluding carboxylic acids is 2. The van der Waals surface area contributed by atoms with E-state index in [2.05, 4.69) is 10.1 Å². The predicted octanol–water partition coefficient (Wildman–Crippen LogP) is 1.49. The lowest BCUT2D eigenvalue weighted by Crippen LogP contribution is -2.23. The van der Waals surface area contributed by atoms with E-state index in [1.165, 1.54) is 25.3 Å². The molecule has 2 rings (SSSR count). The van der Waals surface area contributed by atoms with Crippen molar-refractivity contribution < 1.29 is 22.7 Å². The number of benzene rings is 2. The number of hydrogen-bond acceptors (Lipinski definition) is 5. The van der Waals surface area contributed by atoms with Gasteiger partial charge in [-0.3, -0.25) is 4.79 Å². The summed E-state index contributed by atoms with van der Waals surface area (Å²) in [6.45, 7) is 0.402. The zero-order valence-electron chi connectivity index (χ0n) is 14.7. The van der Waals surface area contributed by atoms with Crippen molar-refractivity contribution in [3.63, 3.8) is 0 Å². The van der Waals surface area contributed by atoms with Crippen molar-refractivity contribution in [1.82, 2.24) is 5.32 Å². The lowest BCUT2D eigenvalue weighted by Gasteiger charge is -2.04. The summed E-state index contributed by atoms with van der Waals surface area (Å²) in [4.78, 5) is 23.3. The van der Waals surface area contributed by atoms with Gasteiger partial charge in [-0.2, -0.15) is 0 Å². The molecule has 0 saturated carbocycles. The van der Waals surface area contributed by atoms with E-state index in [1.807, 2.05) is 0 Å². The van der Waals surface area contributed by atoms with Gasteiger partial charge in [-0.15, -0.1) is 0 Å². The van der Waals surface area contributed by atoms with E-state index in [-0.39, 0.29) is 10.8 Å². The predicted molar refractivity (Wildman–Crippen MR) is 101 cm³/mol. The minimum absolute atomic E-state index is 0.0523. The molecule has 7 nitrogen and oxygen atoms in total. The number of carbonyl (C=O) groups is 2. The molecule has 2 aromatic rings. The SMILES string of the molecule is COC(=O)c1ccc(/C=C/C(=O)NCCc2ccc(S(N)(=O)=O)cc2)cc1. The van der Waals surface area contributed by atoms with Gasteiger partial charge in [0.15, 0.2) is 0 Å². The number of nitrogens with one attached hydrogen (secondary N) is 1. The van der Waals surface area contributed by atoms with Gasteiger partial charge in [0.05, 0.1) is 17.6 Å². The first-order valence-corrected chi connectivity index (χ1v) is 9.60. The molecule has 0 unspecified atom stereocenters. The minimum Gasteiger partial charge on any atom is -0.465 e. The number of primary sulfonamides is 1. The van der Waals surface area contributed by atoms with Crippen LogP contribution in [0.2, 0.25) is 0 Å². The molecule has 2 aromatic carbocycles. The Morgan fingerprint density at radius 2 is 1.70 bits per heavy atom. The molecule has 0 bridgehead atoms. The minimum atomic E-state index is -3.70. The van der Waals surface area contributed by atoms with E-state index in [4.69, 9.17) is 5.14 Å². The zero-order valence-corrected chi connectivity index (χ0v) is 15.5. The van der Waals surface area contributed by atoms with Crippen molar-refractivity contribution >= 4 is 28.0 Å². The summed E-state index contributed by atoms with van der Waals surface area (Å²) in [7, 11) is -2.39. The van der Waals surface area contributed by atoms with Crippen LogP contribution in [0, 0.1) is 0 Å². The molecule has 0 radical (unpaired) electrons. The second kappa shape index (κ2) is 9.11. The molecule has 0 fully saturated rings. The molecule has 8 heteroatoms. The molecule has 0 aliphatic heterocycles. The number of sulfonamides is 1. The lowest BCUT2D eigenvalue weighted by molar-refractivity contribution is -0.116. The molecule has 1 amide bonds. The molecule has 0 atom stereocenters. The molecule has 0 aromatic heterocycles. The summed E-state index contributed by atoms with van der Waals surface area (Å²) in [6, 6.07) is 12.8. The number of amides is 1. The largest absolute Gasteiger partial charge is 0.465 e. The van der Waals surface area contributed by atoms with Crippen molar-refractivity contribution in [2.45, 2.75) is 11.3 Å². The molecule has 27 heavy (non-hydrogen) atoms. The average molecular weight is 388 g/mol. The third-order valence-corrected chi connectivity index (χ3v) is 4.65. The lowest BCUT2D eigenvalue weighted by atomic mass is 10.1. The molecule has 0 saturated heterocycles. The monoisotopic (exact) mass is 388 g/mol. The number of nitrogens with two attached hydrogens (primary N) is 1. The van der Waals surface area contributed by atoms with E-state index in [1.54, 1.807) is 42.5 Å². The molecular weight excluding hydrogens is 368 g/mol. The first kappa shape index (κ1) is 20.3. The fourth-order valence-electron chi connectivity index (χ4n) is 2.25. The van der Waals surface area contributed by atoms with Gasteiger partial charge in [0.25, 0.3) is 0 Å². The maximum Gasteiger partial charge on any atom is 0.337 e. The highest BCUT2D eigenvalue weighted by molar-refractivity contribution is 7.89. The fourth-order valence-corrected chi connectivity index (χ4v) is 2.77. The normalized spacial score (nSPS) is 11.3. The van der Waals surface area contributed by atoms with E-state index < -0.39 is 16.0 Å². The zero-order chi connectivity index (χ0) is 19.9. The second-order valence-electron chi connectivity index (χ2n) is 5.68. The molecule has 142 valence electrons. The number of esters is 1. The van der Waals surface area contributed by atoms with Crippen LogP contribution in [-0.4, -0.2) is 33.9 Å². The summed E-state index contributed by atoms with van der Waals surface area (Å²) in [6.07, 6.45) is 3.59. The molecule has 0 heterocycles. The molecular formula is C19H20N2O5S. The van der Waals surface area contributed by atoms with Crippen molar-refractivity contribution in [2.75, 3.05) is 13.7 Å². The summed E-state index contributed by atoms with van der Waals surface area (Å²) in [5.74, 6) is -0.673. The Morgan fingerprint density at radius 1 is 1.07 bits per heavy atom. The Balaban J connectivity index is 1.82. The van der Waals surface area contributed by atoms with Gasteiger partial charge in [-0.05, 0) is 47.9 Å². The van der Waals surface area contributed by atoms with Crippen molar-refractivity contribution in [3.05, 3.63) is 71.3 Å². The Kier molecular flexibility index (Phi) is 6.86. The Morgan fingerprint density at radius 3 is 2.26 bits per heavy atom. The van der Waals surface area contributed by atoms with Crippen LogP contribution in [0.1, 0.15) is 21.5 Å². The van der Waals surface area contributed by atoms with Crippen LogP contribution >= 0.6 is 0 Å². The Bertz CT molecular complexity index is 933. The number of rotatable bonds is 7. The number of methoxy groups -OCH3 is 1. The third-order valence-electron chi connectivity index (χ3n) is 3.72. The van der Waals surface area contributed by atoms with Crippen LogP contribution in [0.4, 0.5) is 0 Å². The highest BCUT2D eigenvalue weighted by atomic mass is 32.2. The summed E-state index contributed by atoms with van der Waals surface area (Å²) in [5.41, 5.74) is 2.09. The summed E-state index contributed by atoms with van der Waals surface area (Å²) >= 11 is 0. The smallest absolute Gasteiger partial charge is 0.337 e. The van der Waals surface area contributed by atoms with Gasteiger partial charge < -0.3 is 10.1 Å². The Labute approximate surface area is 157 Å². The van der Waals surface area contributed by atoms with Crippen molar-refractivity contribution in [1.29, 1.82) is 0 Å². The second-order valence-corrected chi connectivity index (χ2v) is 7.24. The quantitative estimate of drug-likeness (QED) is 0.551. The van der Waals surface area contributed by atoms with E-state index in [9.17, 15) is 18.0 Å². The Hall–Kier alpha value is -2.97. The topological polar surface area (TPSA) is 116 Å². The average Bonchev–Trinajstić information content (AvgIpc) is 2.66.